The second-order valence-electron chi connectivity index (χ2n) is 7.67. The lowest BCUT2D eigenvalue weighted by Crippen LogP contribution is -2.49. The number of benzene rings is 2. The molecule has 162 valence electrons. The third-order valence-electron chi connectivity index (χ3n) is 5.56. The predicted molar refractivity (Wildman–Crippen MR) is 111 cm³/mol. The minimum Gasteiger partial charge on any atom is -0.477 e. The smallest absolute Gasteiger partial charge is 0.341 e. The lowest BCUT2D eigenvalue weighted by Gasteiger charge is -2.34. The number of aromatic nitrogens is 1. The Kier molecular flexibility index (Phi) is 5.22. The fourth-order valence-electron chi connectivity index (χ4n) is 4.04. The monoisotopic (exact) mass is 431 g/mol. The number of nitrogens with zero attached hydrogens (tertiary/aromatic N) is 2. The maximum Gasteiger partial charge on any atom is 0.341 e. The number of anilines is 1. The van der Waals surface area contributed by atoms with Crippen LogP contribution in [0.4, 0.5) is 18.9 Å². The summed E-state index contributed by atoms with van der Waals surface area (Å²) in [4.78, 5) is 26.3. The summed E-state index contributed by atoms with van der Waals surface area (Å²) in [6, 6.07) is 4.36. The quantitative estimate of drug-likeness (QED) is 0.666. The van der Waals surface area contributed by atoms with Crippen LogP contribution in [-0.4, -0.2) is 41.3 Å². The number of pyridine rings is 1. The molecule has 1 aliphatic heterocycles. The Hall–Kier alpha value is -3.33. The van der Waals surface area contributed by atoms with Gasteiger partial charge in [0.15, 0.2) is 0 Å². The molecule has 0 spiro atoms. The zero-order chi connectivity index (χ0) is 22.4. The molecule has 0 saturated carbocycles. The van der Waals surface area contributed by atoms with Crippen LogP contribution in [0.5, 0.6) is 0 Å². The molecule has 2 aromatic carbocycles. The van der Waals surface area contributed by atoms with Gasteiger partial charge in [0, 0.05) is 43.5 Å². The van der Waals surface area contributed by atoms with E-state index in [1.807, 2.05) is 11.8 Å². The van der Waals surface area contributed by atoms with Crippen LogP contribution < -0.4 is 15.6 Å². The Labute approximate surface area is 175 Å². The number of hydrogen-bond donors (Lipinski definition) is 2. The van der Waals surface area contributed by atoms with Crippen molar-refractivity contribution >= 4 is 22.6 Å². The van der Waals surface area contributed by atoms with E-state index in [1.54, 1.807) is 0 Å². The molecule has 1 aromatic heterocycles. The maximum absolute atomic E-state index is 15.3. The average Bonchev–Trinajstić information content (AvgIpc) is 2.71. The first-order chi connectivity index (χ1) is 14.7. The van der Waals surface area contributed by atoms with Gasteiger partial charge in [-0.2, -0.15) is 0 Å². The summed E-state index contributed by atoms with van der Waals surface area (Å²) in [5, 5.41) is 12.6. The van der Waals surface area contributed by atoms with Crippen molar-refractivity contribution in [1.82, 2.24) is 9.88 Å². The molecule has 1 fully saturated rings. The van der Waals surface area contributed by atoms with Crippen molar-refractivity contribution in [1.29, 1.82) is 0 Å². The van der Waals surface area contributed by atoms with Crippen molar-refractivity contribution in [3.05, 3.63) is 69.3 Å². The van der Waals surface area contributed by atoms with Crippen molar-refractivity contribution in [3.63, 3.8) is 0 Å². The number of rotatable bonds is 3. The van der Waals surface area contributed by atoms with Crippen LogP contribution >= 0.6 is 0 Å². The molecule has 4 rings (SSSR count). The second kappa shape index (κ2) is 7.73. The van der Waals surface area contributed by atoms with Gasteiger partial charge in [-0.05, 0) is 32.0 Å². The summed E-state index contributed by atoms with van der Waals surface area (Å²) < 4.78 is 44.6. The van der Waals surface area contributed by atoms with Gasteiger partial charge in [0.25, 0.3) is 0 Å². The molecule has 2 N–H and O–H groups in total. The number of fused-ring (bicyclic) bond motifs is 1. The first-order valence-corrected chi connectivity index (χ1v) is 9.74. The lowest BCUT2D eigenvalue weighted by atomic mass is 10.0. The molecule has 9 heteroatoms. The number of piperazine rings is 1. The van der Waals surface area contributed by atoms with Crippen molar-refractivity contribution in [3.8, 4) is 5.69 Å². The third-order valence-corrected chi connectivity index (χ3v) is 5.56. The van der Waals surface area contributed by atoms with E-state index in [-0.39, 0.29) is 33.9 Å². The van der Waals surface area contributed by atoms with Crippen molar-refractivity contribution in [2.75, 3.05) is 24.5 Å². The zero-order valence-corrected chi connectivity index (χ0v) is 16.9. The number of carbonyl (C=O) groups is 1. The van der Waals surface area contributed by atoms with Gasteiger partial charge in [0.05, 0.1) is 22.3 Å². The van der Waals surface area contributed by atoms with E-state index in [0.717, 1.165) is 22.9 Å². The number of hydrogen-bond acceptors (Lipinski definition) is 4. The predicted octanol–water partition coefficient (Wildman–Crippen LogP) is 3.21. The topological polar surface area (TPSA) is 74.6 Å². The molecular weight excluding hydrogens is 411 g/mol. The molecule has 3 aromatic rings. The highest BCUT2D eigenvalue weighted by atomic mass is 19.1. The number of halogens is 3. The van der Waals surface area contributed by atoms with Gasteiger partial charge in [-0.3, -0.25) is 4.79 Å². The minimum atomic E-state index is -1.53. The normalized spacial score (nSPS) is 16.7. The average molecular weight is 431 g/mol. The molecule has 0 radical (unpaired) electrons. The van der Waals surface area contributed by atoms with Crippen LogP contribution in [0.15, 0.2) is 35.3 Å². The number of aromatic carboxylic acids is 1. The van der Waals surface area contributed by atoms with E-state index < -0.39 is 34.4 Å². The fourth-order valence-corrected chi connectivity index (χ4v) is 4.04. The first kappa shape index (κ1) is 20.9. The van der Waals surface area contributed by atoms with Crippen LogP contribution in [0.25, 0.3) is 16.6 Å². The first-order valence-electron chi connectivity index (χ1n) is 9.74. The summed E-state index contributed by atoms with van der Waals surface area (Å²) in [6.07, 6.45) is 0.991. The standard InChI is InChI=1S/C22H20F3N3O3/c1-11-9-27(6-5-26-11)18-8-17-19(12(2)20(18)25)21(29)14(22(30)31)10-28(17)16-4-3-13(23)7-15(16)24/h3-4,7-8,10-11,26H,5-6,9H2,1-2H3,(H,30,31). The highest BCUT2D eigenvalue weighted by Crippen LogP contribution is 2.31. The molecule has 1 aliphatic rings. The second-order valence-corrected chi connectivity index (χ2v) is 7.67. The Morgan fingerprint density at radius 2 is 1.94 bits per heavy atom. The highest BCUT2D eigenvalue weighted by Gasteiger charge is 2.25. The molecule has 0 aliphatic carbocycles. The Bertz CT molecular complexity index is 1270. The van der Waals surface area contributed by atoms with Crippen molar-refractivity contribution < 1.29 is 23.1 Å². The molecule has 2 heterocycles. The van der Waals surface area contributed by atoms with Gasteiger partial charge in [-0.1, -0.05) is 0 Å². The van der Waals surface area contributed by atoms with E-state index in [0.29, 0.717) is 25.7 Å². The minimum absolute atomic E-state index is 0.0249. The molecule has 0 bridgehead atoms. The SMILES string of the molecule is Cc1c(F)c(N2CCNC(C)C2)cc2c1c(=O)c(C(=O)O)cn2-c1ccc(F)cc1F. The number of nitrogens with one attached hydrogen (secondary N) is 1. The number of carboxylic acid groups (broad SMARTS) is 1. The van der Waals surface area contributed by atoms with E-state index in [9.17, 15) is 23.5 Å². The van der Waals surface area contributed by atoms with Crippen LogP contribution in [0, 0.1) is 24.4 Å². The largest absolute Gasteiger partial charge is 0.477 e. The Morgan fingerprint density at radius 3 is 2.58 bits per heavy atom. The van der Waals surface area contributed by atoms with Crippen LogP contribution in [0.2, 0.25) is 0 Å². The third kappa shape index (κ3) is 3.54. The van der Waals surface area contributed by atoms with Gasteiger partial charge >= 0.3 is 5.97 Å². The van der Waals surface area contributed by atoms with Crippen LogP contribution in [-0.2, 0) is 0 Å². The summed E-state index contributed by atoms with van der Waals surface area (Å²) in [5.41, 5.74) is -1.31. The lowest BCUT2D eigenvalue weighted by molar-refractivity contribution is 0.0695. The van der Waals surface area contributed by atoms with Gasteiger partial charge < -0.3 is 19.9 Å². The van der Waals surface area contributed by atoms with Crippen molar-refractivity contribution in [2.24, 2.45) is 0 Å². The van der Waals surface area contributed by atoms with E-state index in [2.05, 4.69) is 5.32 Å². The summed E-state index contributed by atoms with van der Waals surface area (Å²) >= 11 is 0. The van der Waals surface area contributed by atoms with Crippen LogP contribution in [0.3, 0.4) is 0 Å². The Balaban J connectivity index is 2.09. The summed E-state index contributed by atoms with van der Waals surface area (Å²) in [6.45, 7) is 5.03. The molecule has 6 nitrogen and oxygen atoms in total. The van der Waals surface area contributed by atoms with E-state index in [4.69, 9.17) is 0 Å². The Morgan fingerprint density at radius 1 is 1.19 bits per heavy atom. The van der Waals surface area contributed by atoms with Crippen LogP contribution in [0.1, 0.15) is 22.8 Å². The van der Waals surface area contributed by atoms with Gasteiger partial charge in [-0.15, -0.1) is 0 Å². The number of aryl methyl sites for hydroxylation is 1. The highest BCUT2D eigenvalue weighted by molar-refractivity contribution is 5.95. The summed E-state index contributed by atoms with van der Waals surface area (Å²) in [7, 11) is 0. The van der Waals surface area contributed by atoms with Crippen molar-refractivity contribution in [2.45, 2.75) is 19.9 Å². The van der Waals surface area contributed by atoms with E-state index >= 15 is 4.39 Å². The molecule has 1 saturated heterocycles. The van der Waals surface area contributed by atoms with E-state index in [1.165, 1.54) is 13.0 Å². The molecule has 1 atom stereocenters. The fraction of sp³-hybridized carbons (Fsp3) is 0.273. The summed E-state index contributed by atoms with van der Waals surface area (Å²) in [5.74, 6) is -3.90. The molecule has 31 heavy (non-hydrogen) atoms. The zero-order valence-electron chi connectivity index (χ0n) is 16.9. The van der Waals surface area contributed by atoms with Gasteiger partial charge in [-0.25, -0.2) is 18.0 Å². The maximum atomic E-state index is 15.3. The van der Waals surface area contributed by atoms with Gasteiger partial charge in [0.1, 0.15) is 23.0 Å². The number of carboxylic acids is 1. The molecule has 0 amide bonds. The molecular formula is C22H20F3N3O3. The van der Waals surface area contributed by atoms with Gasteiger partial charge in [0.2, 0.25) is 5.43 Å². The molecule has 1 unspecified atom stereocenters.